The highest BCUT2D eigenvalue weighted by Crippen LogP contribution is 2.42. The molecule has 27 heavy (non-hydrogen) atoms. The van der Waals surface area contributed by atoms with Crippen LogP contribution in [0.1, 0.15) is 41.7 Å². The van der Waals surface area contributed by atoms with E-state index in [0.717, 1.165) is 54.9 Å². The van der Waals surface area contributed by atoms with Crippen molar-refractivity contribution in [3.05, 3.63) is 53.9 Å². The van der Waals surface area contributed by atoms with E-state index < -0.39 is 0 Å². The van der Waals surface area contributed by atoms with Crippen LogP contribution in [0.3, 0.4) is 0 Å². The summed E-state index contributed by atoms with van der Waals surface area (Å²) in [6, 6.07) is 12.3. The molecule has 3 aromatic rings. The van der Waals surface area contributed by atoms with E-state index in [4.69, 9.17) is 5.10 Å². The molecule has 0 bridgehead atoms. The average molecular weight is 361 g/mol. The van der Waals surface area contributed by atoms with Gasteiger partial charge >= 0.3 is 0 Å². The van der Waals surface area contributed by atoms with Crippen molar-refractivity contribution in [2.45, 2.75) is 31.7 Å². The second kappa shape index (κ2) is 6.46. The molecular formula is C21H23N5O. The van der Waals surface area contributed by atoms with E-state index in [1.165, 1.54) is 0 Å². The summed E-state index contributed by atoms with van der Waals surface area (Å²) in [5.41, 5.74) is 3.50. The normalized spacial score (nSPS) is 17.8. The lowest BCUT2D eigenvalue weighted by Gasteiger charge is -2.38. The quantitative estimate of drug-likeness (QED) is 0.759. The molecular weight excluding hydrogens is 338 g/mol. The summed E-state index contributed by atoms with van der Waals surface area (Å²) in [4.78, 5) is 19.6. The molecule has 6 nitrogen and oxygen atoms in total. The van der Waals surface area contributed by atoms with Crippen LogP contribution in [0.15, 0.2) is 42.6 Å². The molecule has 1 aliphatic carbocycles. The number of likely N-dealkylation sites (tertiary alicyclic amines) is 1. The minimum Gasteiger partial charge on any atom is -0.347 e. The molecule has 0 atom stereocenters. The number of nitrogens with one attached hydrogen (secondary N) is 1. The van der Waals surface area contributed by atoms with Crippen molar-refractivity contribution in [3.8, 4) is 5.69 Å². The molecule has 1 saturated carbocycles. The second-order valence-electron chi connectivity index (χ2n) is 7.52. The van der Waals surface area contributed by atoms with E-state index in [1.807, 2.05) is 41.1 Å². The summed E-state index contributed by atoms with van der Waals surface area (Å²) in [6.45, 7) is 5.03. The van der Waals surface area contributed by atoms with E-state index in [1.54, 1.807) is 6.20 Å². The maximum Gasteiger partial charge on any atom is 0.253 e. The monoisotopic (exact) mass is 361 g/mol. The Morgan fingerprint density at radius 3 is 2.70 bits per heavy atom. The number of nitrogens with zero attached hydrogens (tertiary/aromatic N) is 4. The van der Waals surface area contributed by atoms with Crippen LogP contribution in [0.25, 0.3) is 16.7 Å². The predicted molar refractivity (Wildman–Crippen MR) is 104 cm³/mol. The maximum atomic E-state index is 12.7. The van der Waals surface area contributed by atoms with Crippen molar-refractivity contribution < 1.29 is 4.79 Å². The first-order chi connectivity index (χ1) is 13.2. The number of amides is 1. The summed E-state index contributed by atoms with van der Waals surface area (Å²) >= 11 is 0. The highest BCUT2D eigenvalue weighted by Gasteiger charge is 2.31. The van der Waals surface area contributed by atoms with Crippen LogP contribution in [0.5, 0.6) is 0 Å². The number of carbonyl (C=O) groups is 1. The highest BCUT2D eigenvalue weighted by molar-refractivity contribution is 5.97. The van der Waals surface area contributed by atoms with E-state index in [9.17, 15) is 4.79 Å². The van der Waals surface area contributed by atoms with Gasteiger partial charge in [-0.2, -0.15) is 5.10 Å². The SMILES string of the molecule is CCN1CC(NC(=O)c2cnc3c(c2)c(C2CC2)nn3-c2ccccc2)C1. The first-order valence-corrected chi connectivity index (χ1v) is 9.70. The van der Waals surface area contributed by atoms with Gasteiger partial charge in [0.05, 0.1) is 23.0 Å². The summed E-state index contributed by atoms with van der Waals surface area (Å²) < 4.78 is 1.90. The maximum absolute atomic E-state index is 12.7. The Kier molecular flexibility index (Phi) is 3.93. The molecule has 2 aromatic heterocycles. The number of rotatable bonds is 5. The van der Waals surface area contributed by atoms with E-state index >= 15 is 0 Å². The Morgan fingerprint density at radius 1 is 1.22 bits per heavy atom. The number of carbonyl (C=O) groups excluding carboxylic acids is 1. The molecule has 1 amide bonds. The number of likely N-dealkylation sites (N-methyl/N-ethyl adjacent to an activating group) is 1. The van der Waals surface area contributed by atoms with Crippen molar-refractivity contribution in [2.24, 2.45) is 0 Å². The van der Waals surface area contributed by atoms with Crippen LogP contribution in [-0.4, -0.2) is 51.2 Å². The van der Waals surface area contributed by atoms with Crippen LogP contribution in [0.4, 0.5) is 0 Å². The molecule has 138 valence electrons. The zero-order valence-corrected chi connectivity index (χ0v) is 15.4. The van der Waals surface area contributed by atoms with Crippen LogP contribution in [0.2, 0.25) is 0 Å². The van der Waals surface area contributed by atoms with Crippen molar-refractivity contribution in [3.63, 3.8) is 0 Å². The lowest BCUT2D eigenvalue weighted by molar-refractivity contribution is 0.0824. The van der Waals surface area contributed by atoms with Crippen molar-refractivity contribution in [1.82, 2.24) is 25.0 Å². The fourth-order valence-corrected chi connectivity index (χ4v) is 3.74. The number of para-hydroxylation sites is 1. The van der Waals surface area contributed by atoms with Gasteiger partial charge in [0.25, 0.3) is 5.91 Å². The Balaban J connectivity index is 1.48. The van der Waals surface area contributed by atoms with Crippen molar-refractivity contribution in [2.75, 3.05) is 19.6 Å². The minimum atomic E-state index is -0.0423. The molecule has 2 fully saturated rings. The zero-order valence-electron chi connectivity index (χ0n) is 15.4. The van der Waals surface area contributed by atoms with Gasteiger partial charge in [-0.25, -0.2) is 9.67 Å². The molecule has 0 spiro atoms. The number of pyridine rings is 1. The third-order valence-corrected chi connectivity index (χ3v) is 5.52. The summed E-state index contributed by atoms with van der Waals surface area (Å²) in [6.07, 6.45) is 3.99. The van der Waals surface area contributed by atoms with Crippen molar-refractivity contribution in [1.29, 1.82) is 0 Å². The summed E-state index contributed by atoms with van der Waals surface area (Å²) in [5, 5.41) is 8.96. The van der Waals surface area contributed by atoms with Gasteiger partial charge in [-0.1, -0.05) is 25.1 Å². The third kappa shape index (κ3) is 3.00. The number of hydrogen-bond acceptors (Lipinski definition) is 4. The first kappa shape index (κ1) is 16.4. The highest BCUT2D eigenvalue weighted by atomic mass is 16.1. The second-order valence-corrected chi connectivity index (χ2v) is 7.52. The fourth-order valence-electron chi connectivity index (χ4n) is 3.74. The van der Waals surface area contributed by atoms with Crippen LogP contribution in [-0.2, 0) is 0 Å². The van der Waals surface area contributed by atoms with Gasteiger partial charge in [0.2, 0.25) is 0 Å². The smallest absolute Gasteiger partial charge is 0.253 e. The largest absolute Gasteiger partial charge is 0.347 e. The van der Waals surface area contributed by atoms with Gasteiger partial charge in [0.15, 0.2) is 5.65 Å². The van der Waals surface area contributed by atoms with Gasteiger partial charge in [-0.15, -0.1) is 0 Å². The fraction of sp³-hybridized carbons (Fsp3) is 0.381. The Labute approximate surface area is 158 Å². The summed E-state index contributed by atoms with van der Waals surface area (Å²) in [5.74, 6) is 0.446. The van der Waals surface area contributed by atoms with Gasteiger partial charge in [-0.3, -0.25) is 9.69 Å². The van der Waals surface area contributed by atoms with E-state index in [0.29, 0.717) is 11.5 Å². The average Bonchev–Trinajstić information content (AvgIpc) is 3.45. The Morgan fingerprint density at radius 2 is 2.00 bits per heavy atom. The molecule has 1 N–H and O–H groups in total. The molecule has 5 rings (SSSR count). The van der Waals surface area contributed by atoms with Crippen LogP contribution in [0, 0.1) is 0 Å². The van der Waals surface area contributed by atoms with Crippen molar-refractivity contribution >= 4 is 16.9 Å². The topological polar surface area (TPSA) is 63.1 Å². The van der Waals surface area contributed by atoms with Gasteiger partial charge in [0, 0.05) is 30.6 Å². The van der Waals surface area contributed by atoms with E-state index in [-0.39, 0.29) is 11.9 Å². The Bertz CT molecular complexity index is 986. The zero-order chi connectivity index (χ0) is 18.4. The molecule has 1 saturated heterocycles. The first-order valence-electron chi connectivity index (χ1n) is 9.70. The van der Waals surface area contributed by atoms with Gasteiger partial charge < -0.3 is 5.32 Å². The van der Waals surface area contributed by atoms with Gasteiger partial charge in [0.1, 0.15) is 0 Å². The standard InChI is InChI=1S/C21H23N5O/c1-2-25-12-16(13-25)23-21(27)15-10-18-19(14-8-9-14)24-26(20(18)22-11-15)17-6-4-3-5-7-17/h3-7,10-11,14,16H,2,8-9,12-13H2,1H3,(H,23,27). The Hall–Kier alpha value is -2.73. The molecule has 0 unspecified atom stereocenters. The predicted octanol–water partition coefficient (Wildman–Crippen LogP) is 2.73. The number of fused-ring (bicyclic) bond motifs is 1. The molecule has 1 aromatic carbocycles. The van der Waals surface area contributed by atoms with Crippen LogP contribution < -0.4 is 5.32 Å². The number of hydrogen-bond donors (Lipinski definition) is 1. The number of benzene rings is 1. The van der Waals surface area contributed by atoms with Crippen LogP contribution >= 0.6 is 0 Å². The molecule has 0 radical (unpaired) electrons. The third-order valence-electron chi connectivity index (χ3n) is 5.52. The molecule has 3 heterocycles. The number of aromatic nitrogens is 3. The van der Waals surface area contributed by atoms with Gasteiger partial charge in [-0.05, 0) is 37.6 Å². The van der Waals surface area contributed by atoms with E-state index in [2.05, 4.69) is 22.1 Å². The summed E-state index contributed by atoms with van der Waals surface area (Å²) in [7, 11) is 0. The lowest BCUT2D eigenvalue weighted by Crippen LogP contribution is -2.58. The minimum absolute atomic E-state index is 0.0423. The molecule has 6 heteroatoms. The lowest BCUT2D eigenvalue weighted by atomic mass is 10.1. The molecule has 1 aliphatic heterocycles. The molecule has 2 aliphatic rings.